The summed E-state index contributed by atoms with van der Waals surface area (Å²) in [6.07, 6.45) is 6.85. The van der Waals surface area contributed by atoms with Gasteiger partial charge in [0, 0.05) is 29.8 Å². The van der Waals surface area contributed by atoms with Gasteiger partial charge in [-0.25, -0.2) is 0 Å². The number of hydrogen-bond acceptors (Lipinski definition) is 7. The number of methoxy groups -OCH3 is 2. The molecule has 7 rings (SSSR count). The average molecular weight is 558 g/mol. The number of aromatic nitrogens is 1. The van der Waals surface area contributed by atoms with E-state index >= 15 is 0 Å². The normalized spacial score (nSPS) is 23.1. The molecule has 3 aliphatic heterocycles. The number of carbonyl (C=O) groups is 3. The second kappa shape index (κ2) is 9.69. The van der Waals surface area contributed by atoms with Crippen molar-refractivity contribution in [3.05, 3.63) is 125 Å². The molecule has 0 radical (unpaired) electrons. The van der Waals surface area contributed by atoms with Crippen molar-refractivity contribution in [3.8, 4) is 11.5 Å². The maximum Gasteiger partial charge on any atom is 0.238 e. The van der Waals surface area contributed by atoms with Crippen LogP contribution >= 0.6 is 0 Å². The van der Waals surface area contributed by atoms with E-state index in [2.05, 4.69) is 10.3 Å². The van der Waals surface area contributed by atoms with Gasteiger partial charge in [-0.2, -0.15) is 0 Å². The van der Waals surface area contributed by atoms with E-state index in [-0.39, 0.29) is 23.0 Å². The van der Waals surface area contributed by atoms with E-state index in [9.17, 15) is 14.4 Å². The van der Waals surface area contributed by atoms with Gasteiger partial charge in [-0.3, -0.25) is 19.4 Å². The lowest BCUT2D eigenvalue weighted by molar-refractivity contribution is -0.122. The minimum absolute atomic E-state index is 0.264. The molecule has 3 aliphatic rings. The van der Waals surface area contributed by atoms with Crippen molar-refractivity contribution in [2.45, 2.75) is 17.5 Å². The van der Waals surface area contributed by atoms with Gasteiger partial charge in [-0.05, 0) is 59.2 Å². The number of hydrogen-bond donors (Lipinski definition) is 1. The predicted octanol–water partition coefficient (Wildman–Crippen LogP) is 5.08. The van der Waals surface area contributed by atoms with Crippen LogP contribution in [0.1, 0.15) is 43.4 Å². The topological polar surface area (TPSA) is 97.8 Å². The van der Waals surface area contributed by atoms with Crippen molar-refractivity contribution in [1.82, 2.24) is 9.88 Å². The summed E-state index contributed by atoms with van der Waals surface area (Å²) in [5, 5.41) is 3.06. The summed E-state index contributed by atoms with van der Waals surface area (Å²) >= 11 is 0. The second-order valence-corrected chi connectivity index (χ2v) is 10.6. The fourth-order valence-corrected chi connectivity index (χ4v) is 7.02. The summed E-state index contributed by atoms with van der Waals surface area (Å²) in [5.41, 5.74) is 2.28. The molecule has 0 aliphatic carbocycles. The van der Waals surface area contributed by atoms with Crippen LogP contribution in [0.4, 0.5) is 5.69 Å². The molecule has 42 heavy (non-hydrogen) atoms. The number of nitrogens with zero attached hydrogens (tertiary/aromatic N) is 2. The zero-order chi connectivity index (χ0) is 29.0. The summed E-state index contributed by atoms with van der Waals surface area (Å²) in [4.78, 5) is 50.2. The van der Waals surface area contributed by atoms with Crippen LogP contribution in [0.3, 0.4) is 0 Å². The number of pyridine rings is 1. The number of amides is 1. The lowest BCUT2D eigenvalue weighted by atomic mass is 9.62. The molecule has 4 aromatic rings. The first-order valence-corrected chi connectivity index (χ1v) is 13.7. The summed E-state index contributed by atoms with van der Waals surface area (Å²) < 4.78 is 11.1. The van der Waals surface area contributed by atoms with Crippen LogP contribution < -0.4 is 14.8 Å². The Kier molecular flexibility index (Phi) is 5.93. The van der Waals surface area contributed by atoms with Crippen LogP contribution in [0.2, 0.25) is 0 Å². The van der Waals surface area contributed by atoms with Crippen LogP contribution in [0, 0.1) is 5.92 Å². The average Bonchev–Trinajstić information content (AvgIpc) is 3.52. The maximum absolute atomic E-state index is 14.9. The molecule has 0 saturated carbocycles. The lowest BCUT2D eigenvalue weighted by Gasteiger charge is -2.38. The summed E-state index contributed by atoms with van der Waals surface area (Å²) in [5.74, 6) is -1.29. The monoisotopic (exact) mass is 557 g/mol. The van der Waals surface area contributed by atoms with Gasteiger partial charge in [-0.1, -0.05) is 42.5 Å². The zero-order valence-corrected chi connectivity index (χ0v) is 23.0. The molecule has 1 saturated heterocycles. The first-order chi connectivity index (χ1) is 20.5. The molecule has 1 amide bonds. The predicted molar refractivity (Wildman–Crippen MR) is 157 cm³/mol. The number of rotatable bonds is 6. The molecule has 0 bridgehead atoms. The summed E-state index contributed by atoms with van der Waals surface area (Å²) in [6.45, 7) is 0. The van der Waals surface area contributed by atoms with Crippen LogP contribution in [0.5, 0.6) is 11.5 Å². The van der Waals surface area contributed by atoms with Crippen LogP contribution in [-0.2, 0) is 10.2 Å². The summed E-state index contributed by atoms with van der Waals surface area (Å²) in [7, 11) is 3.02. The number of ether oxygens (including phenoxy) is 2. The number of para-hydroxylation sites is 1. The molecule has 8 nitrogen and oxygen atoms in total. The number of ketones is 2. The number of carbonyl (C=O) groups excluding carboxylic acids is 3. The highest BCUT2D eigenvalue weighted by atomic mass is 16.5. The molecule has 1 N–H and O–H groups in total. The molecule has 1 aromatic heterocycles. The molecule has 4 atom stereocenters. The Bertz CT molecular complexity index is 1790. The largest absolute Gasteiger partial charge is 0.497 e. The van der Waals surface area contributed by atoms with Gasteiger partial charge in [0.25, 0.3) is 0 Å². The molecule has 4 heterocycles. The van der Waals surface area contributed by atoms with Crippen LogP contribution in [0.25, 0.3) is 6.08 Å². The van der Waals surface area contributed by atoms with Gasteiger partial charge in [0.05, 0.1) is 31.7 Å². The smallest absolute Gasteiger partial charge is 0.238 e. The van der Waals surface area contributed by atoms with Gasteiger partial charge in [0.15, 0.2) is 11.6 Å². The van der Waals surface area contributed by atoms with E-state index in [0.717, 1.165) is 11.1 Å². The maximum atomic E-state index is 14.9. The van der Waals surface area contributed by atoms with E-state index in [4.69, 9.17) is 9.47 Å². The van der Waals surface area contributed by atoms with Gasteiger partial charge in [0.1, 0.15) is 23.0 Å². The van der Waals surface area contributed by atoms with Crippen LogP contribution in [0.15, 0.2) is 97.5 Å². The van der Waals surface area contributed by atoms with Gasteiger partial charge in [0.2, 0.25) is 5.91 Å². The highest BCUT2D eigenvalue weighted by Gasteiger charge is 2.70. The van der Waals surface area contributed by atoms with Crippen molar-refractivity contribution >= 4 is 29.2 Å². The van der Waals surface area contributed by atoms with Gasteiger partial charge in [-0.15, -0.1) is 0 Å². The minimum atomic E-state index is -1.42. The molecule has 1 spiro atoms. The molecular weight excluding hydrogens is 530 g/mol. The van der Waals surface area contributed by atoms with E-state index in [0.29, 0.717) is 28.3 Å². The first-order valence-electron chi connectivity index (χ1n) is 13.7. The Morgan fingerprint density at radius 2 is 1.74 bits per heavy atom. The highest BCUT2D eigenvalue weighted by molar-refractivity contribution is 6.17. The fraction of sp³-hybridized carbons (Fsp3) is 0.176. The SMILES string of the molecule is COc1ccc(OC)c(C(=O)[C@H]2[C@H](C(=O)c3cccnc3)[C@]3(C(=O)Nc4ccccc43)[C@H]3c4ccccc4C=CN23)c1. The Balaban J connectivity index is 1.54. The number of fused-ring (bicyclic) bond motifs is 6. The Morgan fingerprint density at radius 1 is 0.929 bits per heavy atom. The molecule has 8 heteroatoms. The molecular formula is C34H27N3O5. The standard InChI is InChI=1S/C34H27N3O5/c1-41-22-13-14-27(42-2)24(18-22)31(39)29-28(30(38)21-9-7-16-35-19-21)34(25-11-5-6-12-26(25)36-33(34)40)32-23-10-4-3-8-20(23)15-17-37(29)32/h3-19,28-29,32H,1-2H3,(H,36,40)/t28-,29-,32-,34+/m1/s1. The third kappa shape index (κ3) is 3.48. The number of benzene rings is 3. The Labute approximate surface area is 242 Å². The molecule has 208 valence electrons. The van der Waals surface area contributed by atoms with E-state index < -0.39 is 23.4 Å². The van der Waals surface area contributed by atoms with Gasteiger partial charge < -0.3 is 19.7 Å². The lowest BCUT2D eigenvalue weighted by Crippen LogP contribution is -2.49. The van der Waals surface area contributed by atoms with Crippen molar-refractivity contribution in [3.63, 3.8) is 0 Å². The number of Topliss-reactive ketones (excluding diaryl/α,β-unsaturated/α-hetero) is 2. The first kappa shape index (κ1) is 25.7. The van der Waals surface area contributed by atoms with E-state index in [1.165, 1.54) is 20.4 Å². The van der Waals surface area contributed by atoms with Crippen LogP contribution in [-0.4, -0.2) is 47.6 Å². The molecule has 1 fully saturated rings. The van der Waals surface area contributed by atoms with Crippen molar-refractivity contribution < 1.29 is 23.9 Å². The molecule has 3 aromatic carbocycles. The highest BCUT2D eigenvalue weighted by Crippen LogP contribution is 2.62. The van der Waals surface area contributed by atoms with E-state index in [1.807, 2.05) is 65.7 Å². The van der Waals surface area contributed by atoms with Crippen molar-refractivity contribution in [2.75, 3.05) is 19.5 Å². The van der Waals surface area contributed by atoms with Crippen molar-refractivity contribution in [2.24, 2.45) is 5.92 Å². The zero-order valence-electron chi connectivity index (χ0n) is 23.0. The fourth-order valence-electron chi connectivity index (χ4n) is 7.02. The molecule has 0 unspecified atom stereocenters. The van der Waals surface area contributed by atoms with Crippen molar-refractivity contribution in [1.29, 1.82) is 0 Å². The minimum Gasteiger partial charge on any atom is -0.497 e. The third-order valence-corrected chi connectivity index (χ3v) is 8.74. The third-order valence-electron chi connectivity index (χ3n) is 8.74. The van der Waals surface area contributed by atoms with E-state index in [1.54, 1.807) is 36.5 Å². The quantitative estimate of drug-likeness (QED) is 0.330. The number of nitrogens with one attached hydrogen (secondary N) is 1. The van der Waals surface area contributed by atoms with Gasteiger partial charge >= 0.3 is 0 Å². The number of anilines is 1. The Hall–Kier alpha value is -5.24. The summed E-state index contributed by atoms with van der Waals surface area (Å²) in [6, 6.07) is 21.9. The second-order valence-electron chi connectivity index (χ2n) is 10.6. The Morgan fingerprint density at radius 3 is 2.52 bits per heavy atom.